The first kappa shape index (κ1) is 22.9. The summed E-state index contributed by atoms with van der Waals surface area (Å²) >= 11 is 0. The van der Waals surface area contributed by atoms with Crippen molar-refractivity contribution in [2.24, 2.45) is 5.92 Å². The molecule has 2 aliphatic heterocycles. The third-order valence-electron chi connectivity index (χ3n) is 7.35. The Hall–Kier alpha value is -2.90. The molecule has 0 atom stereocenters. The van der Waals surface area contributed by atoms with Gasteiger partial charge in [-0.05, 0) is 116 Å². The van der Waals surface area contributed by atoms with Gasteiger partial charge in [-0.2, -0.15) is 0 Å². The lowest BCUT2D eigenvalue weighted by Gasteiger charge is -2.32. The van der Waals surface area contributed by atoms with Gasteiger partial charge in [-0.25, -0.2) is 4.68 Å². The highest BCUT2D eigenvalue weighted by atomic mass is 16.1. The van der Waals surface area contributed by atoms with E-state index >= 15 is 0 Å². The fourth-order valence-corrected chi connectivity index (χ4v) is 5.36. The van der Waals surface area contributed by atoms with Crippen LogP contribution in [0.15, 0.2) is 48.8 Å². The van der Waals surface area contributed by atoms with Gasteiger partial charge in [0.25, 0.3) is 0 Å². The summed E-state index contributed by atoms with van der Waals surface area (Å²) in [6.07, 6.45) is 8.74. The lowest BCUT2D eigenvalue weighted by molar-refractivity contribution is 0.0970. The van der Waals surface area contributed by atoms with E-state index in [0.29, 0.717) is 12.3 Å². The van der Waals surface area contributed by atoms with E-state index in [-0.39, 0.29) is 5.78 Å². The van der Waals surface area contributed by atoms with Gasteiger partial charge in [-0.15, -0.1) is 5.10 Å². The van der Waals surface area contributed by atoms with Crippen LogP contribution in [0.25, 0.3) is 5.69 Å². The zero-order valence-corrected chi connectivity index (χ0v) is 19.8. The molecule has 2 aliphatic rings. The molecule has 0 radical (unpaired) electrons. The number of tetrazole rings is 1. The second kappa shape index (κ2) is 11.0. The van der Waals surface area contributed by atoms with Crippen molar-refractivity contribution in [1.29, 1.82) is 0 Å². The summed E-state index contributed by atoms with van der Waals surface area (Å²) in [5.41, 5.74) is 6.00. The maximum absolute atomic E-state index is 12.8. The highest BCUT2D eigenvalue weighted by Gasteiger charge is 2.21. The van der Waals surface area contributed by atoms with E-state index in [1.165, 1.54) is 29.5 Å². The summed E-state index contributed by atoms with van der Waals surface area (Å²) in [5, 5.41) is 15.1. The van der Waals surface area contributed by atoms with Gasteiger partial charge in [0.05, 0.1) is 5.69 Å². The zero-order valence-electron chi connectivity index (χ0n) is 19.8. The molecule has 0 amide bonds. The minimum absolute atomic E-state index is 0.286. The third kappa shape index (κ3) is 5.59. The summed E-state index contributed by atoms with van der Waals surface area (Å²) in [7, 11) is 0. The molecule has 7 nitrogen and oxygen atoms in total. The second-order valence-corrected chi connectivity index (χ2v) is 9.63. The topological polar surface area (TPSA) is 75.9 Å². The number of aromatic nitrogens is 4. The lowest BCUT2D eigenvalue weighted by atomic mass is 9.89. The molecule has 1 fully saturated rings. The number of hydrogen-bond donors (Lipinski definition) is 1. The van der Waals surface area contributed by atoms with Crippen LogP contribution in [0.1, 0.15) is 52.7 Å². The van der Waals surface area contributed by atoms with Crippen LogP contribution in [0.4, 0.5) is 0 Å². The molecular weight excluding hydrogens is 424 g/mol. The van der Waals surface area contributed by atoms with Crippen molar-refractivity contribution < 1.29 is 4.79 Å². The Labute approximate surface area is 201 Å². The quantitative estimate of drug-likeness (QED) is 0.522. The van der Waals surface area contributed by atoms with E-state index in [4.69, 9.17) is 0 Å². The van der Waals surface area contributed by atoms with Crippen molar-refractivity contribution in [1.82, 2.24) is 30.4 Å². The van der Waals surface area contributed by atoms with E-state index in [1.54, 1.807) is 11.0 Å². The van der Waals surface area contributed by atoms with Crippen LogP contribution in [0.2, 0.25) is 0 Å². The molecule has 2 aromatic carbocycles. The van der Waals surface area contributed by atoms with Crippen molar-refractivity contribution in [3.8, 4) is 5.69 Å². The number of carbonyl (C=O) groups excluding carboxylic acids is 1. The minimum Gasteiger partial charge on any atom is -0.316 e. The number of carbonyl (C=O) groups is 1. The number of hydrogen-bond acceptors (Lipinski definition) is 6. The van der Waals surface area contributed by atoms with Gasteiger partial charge in [0, 0.05) is 12.0 Å². The number of nitrogens with one attached hydrogen (secondary N) is 1. The number of Topliss-reactive ketones (excluding diaryl/α,β-unsaturated/α-hetero) is 1. The van der Waals surface area contributed by atoms with Crippen molar-refractivity contribution >= 4 is 5.78 Å². The van der Waals surface area contributed by atoms with Crippen LogP contribution in [0.5, 0.6) is 0 Å². The highest BCUT2D eigenvalue weighted by molar-refractivity contribution is 5.96. The summed E-state index contributed by atoms with van der Waals surface area (Å²) in [6, 6.07) is 14.7. The van der Waals surface area contributed by atoms with Gasteiger partial charge >= 0.3 is 0 Å². The Morgan fingerprint density at radius 3 is 2.68 bits per heavy atom. The molecule has 34 heavy (non-hydrogen) atoms. The molecule has 0 unspecified atom stereocenters. The molecule has 178 valence electrons. The number of nitrogens with zero attached hydrogens (tertiary/aromatic N) is 5. The average Bonchev–Trinajstić information content (AvgIpc) is 3.30. The molecule has 5 rings (SSSR count). The second-order valence-electron chi connectivity index (χ2n) is 9.63. The summed E-state index contributed by atoms with van der Waals surface area (Å²) < 4.78 is 1.75. The monoisotopic (exact) mass is 458 g/mol. The van der Waals surface area contributed by atoms with E-state index in [1.807, 2.05) is 12.1 Å². The van der Waals surface area contributed by atoms with Gasteiger partial charge in [-0.1, -0.05) is 30.3 Å². The largest absolute Gasteiger partial charge is 0.316 e. The fourth-order valence-electron chi connectivity index (χ4n) is 5.36. The third-order valence-corrected chi connectivity index (χ3v) is 7.35. The number of ketones is 1. The molecule has 1 N–H and O–H groups in total. The maximum atomic E-state index is 12.8. The Bertz CT molecular complexity index is 1090. The molecule has 3 aromatic rings. The molecule has 7 heteroatoms. The smallest absolute Gasteiger partial charge is 0.162 e. The van der Waals surface area contributed by atoms with E-state index < -0.39 is 0 Å². The number of piperidine rings is 1. The van der Waals surface area contributed by atoms with Gasteiger partial charge in [-0.3, -0.25) is 4.79 Å². The summed E-state index contributed by atoms with van der Waals surface area (Å²) in [6.45, 7) is 5.26. The zero-order chi connectivity index (χ0) is 23.2. The molecule has 0 saturated carbocycles. The van der Waals surface area contributed by atoms with Gasteiger partial charge in [0.1, 0.15) is 6.33 Å². The van der Waals surface area contributed by atoms with E-state index in [9.17, 15) is 4.79 Å². The molecular formula is C27H34N6O. The van der Waals surface area contributed by atoms with Crippen LogP contribution in [0, 0.1) is 5.92 Å². The normalized spacial score (nSPS) is 17.3. The Kier molecular flexibility index (Phi) is 7.41. The van der Waals surface area contributed by atoms with Crippen molar-refractivity contribution in [3.63, 3.8) is 0 Å². The van der Waals surface area contributed by atoms with E-state index in [0.717, 1.165) is 69.7 Å². The van der Waals surface area contributed by atoms with Gasteiger partial charge in [0.15, 0.2) is 5.78 Å². The molecule has 1 aromatic heterocycles. The summed E-state index contributed by atoms with van der Waals surface area (Å²) in [5.74, 6) is 0.957. The van der Waals surface area contributed by atoms with Gasteiger partial charge in [0.2, 0.25) is 0 Å². The van der Waals surface area contributed by atoms with Crippen molar-refractivity contribution in [3.05, 3.63) is 71.0 Å². The maximum Gasteiger partial charge on any atom is 0.162 e. The Morgan fingerprint density at radius 1 is 1.03 bits per heavy atom. The predicted molar refractivity (Wildman–Crippen MR) is 132 cm³/mol. The van der Waals surface area contributed by atoms with Crippen molar-refractivity contribution in [2.45, 2.75) is 44.9 Å². The van der Waals surface area contributed by atoms with Crippen LogP contribution >= 0.6 is 0 Å². The number of fused-ring (bicyclic) bond motifs is 1. The van der Waals surface area contributed by atoms with Crippen molar-refractivity contribution in [2.75, 3.05) is 32.7 Å². The van der Waals surface area contributed by atoms with Gasteiger partial charge < -0.3 is 10.2 Å². The fraction of sp³-hybridized carbons (Fsp3) is 0.481. The molecule has 0 bridgehead atoms. The molecule has 0 aliphatic carbocycles. The average molecular weight is 459 g/mol. The first-order valence-corrected chi connectivity index (χ1v) is 12.7. The highest BCUT2D eigenvalue weighted by Crippen LogP contribution is 2.25. The number of para-hydroxylation sites is 1. The van der Waals surface area contributed by atoms with Crippen LogP contribution in [-0.4, -0.2) is 63.6 Å². The first-order chi connectivity index (χ1) is 16.8. The SMILES string of the molecule is O=C(CCCN1CCC(Cc2ccccc2-n2cnnn2)CC1)c1ccc2c(c1)CCNCC2. The minimum atomic E-state index is 0.286. The van der Waals surface area contributed by atoms with Crippen LogP contribution < -0.4 is 5.32 Å². The van der Waals surface area contributed by atoms with Crippen LogP contribution in [-0.2, 0) is 19.3 Å². The summed E-state index contributed by atoms with van der Waals surface area (Å²) in [4.78, 5) is 15.3. The number of rotatable bonds is 8. The first-order valence-electron chi connectivity index (χ1n) is 12.7. The number of benzene rings is 2. The number of likely N-dealkylation sites (tertiary alicyclic amines) is 1. The molecule has 3 heterocycles. The molecule has 0 spiro atoms. The Balaban J connectivity index is 1.07. The predicted octanol–water partition coefficient (Wildman–Crippen LogP) is 3.27. The Morgan fingerprint density at radius 2 is 1.85 bits per heavy atom. The molecule has 1 saturated heterocycles. The van der Waals surface area contributed by atoms with E-state index in [2.05, 4.69) is 56.1 Å². The van der Waals surface area contributed by atoms with Crippen LogP contribution in [0.3, 0.4) is 0 Å². The lowest BCUT2D eigenvalue weighted by Crippen LogP contribution is -2.35. The standard InChI is InChI=1S/C27H34N6O/c34-27(25-8-7-22-9-13-28-14-10-23(22)19-25)6-3-15-32-16-11-21(12-17-32)18-24-4-1-2-5-26(24)33-20-29-30-31-33/h1-2,4-5,7-8,19-21,28H,3,6,9-18H2.